The monoisotopic (exact) mass is 339 g/mol. The molecule has 1 atom stereocenters. The highest BCUT2D eigenvalue weighted by Gasteiger charge is 2.15. The van der Waals surface area contributed by atoms with Gasteiger partial charge in [-0.2, -0.15) is 0 Å². The molecule has 2 aromatic rings. The molecule has 0 bridgehead atoms. The van der Waals surface area contributed by atoms with Crippen LogP contribution in [0.3, 0.4) is 0 Å². The van der Waals surface area contributed by atoms with Gasteiger partial charge in [-0.1, -0.05) is 62.7 Å². The smallest absolute Gasteiger partial charge is 0.258 e. The molecular formula is C22H29NO2. The summed E-state index contributed by atoms with van der Waals surface area (Å²) in [5, 5.41) is 2.99. The summed E-state index contributed by atoms with van der Waals surface area (Å²) in [5.41, 5.74) is 4.73. The molecule has 1 N–H and O–H groups in total. The van der Waals surface area contributed by atoms with Crippen LogP contribution in [0.4, 0.5) is 0 Å². The highest BCUT2D eigenvalue weighted by Crippen LogP contribution is 2.24. The zero-order valence-electron chi connectivity index (χ0n) is 16.1. The molecule has 0 radical (unpaired) electrons. The van der Waals surface area contributed by atoms with Crippen LogP contribution in [0.15, 0.2) is 42.5 Å². The van der Waals surface area contributed by atoms with E-state index in [1.807, 2.05) is 39.0 Å². The van der Waals surface area contributed by atoms with Gasteiger partial charge < -0.3 is 10.1 Å². The Bertz CT molecular complexity index is 727. The van der Waals surface area contributed by atoms with Crippen LogP contribution in [-0.4, -0.2) is 12.5 Å². The Labute approximate surface area is 151 Å². The highest BCUT2D eigenvalue weighted by molar-refractivity contribution is 5.78. The van der Waals surface area contributed by atoms with Crippen LogP contribution in [0.2, 0.25) is 0 Å². The molecule has 1 amide bonds. The number of aryl methyl sites for hydroxylation is 2. The lowest BCUT2D eigenvalue weighted by Gasteiger charge is -2.21. The fourth-order valence-electron chi connectivity index (χ4n) is 2.74. The van der Waals surface area contributed by atoms with Gasteiger partial charge in [0, 0.05) is 0 Å². The van der Waals surface area contributed by atoms with Gasteiger partial charge in [-0.05, 0) is 48.9 Å². The average Bonchev–Trinajstić information content (AvgIpc) is 2.53. The summed E-state index contributed by atoms with van der Waals surface area (Å²) in [6.07, 6.45) is 0. The number of nitrogens with one attached hydrogen (secondary N) is 1. The van der Waals surface area contributed by atoms with E-state index in [0.29, 0.717) is 0 Å². The minimum absolute atomic E-state index is 0.0221. The maximum atomic E-state index is 12.2. The zero-order chi connectivity index (χ0) is 18.6. The highest BCUT2D eigenvalue weighted by atomic mass is 16.5. The molecule has 134 valence electrons. The molecule has 25 heavy (non-hydrogen) atoms. The summed E-state index contributed by atoms with van der Waals surface area (Å²) in [7, 11) is 0. The maximum absolute atomic E-state index is 12.2. The van der Waals surface area contributed by atoms with Gasteiger partial charge >= 0.3 is 0 Å². The van der Waals surface area contributed by atoms with E-state index in [0.717, 1.165) is 16.9 Å². The molecule has 0 aliphatic carbocycles. The first-order chi connectivity index (χ1) is 11.7. The third-order valence-electron chi connectivity index (χ3n) is 4.34. The zero-order valence-corrected chi connectivity index (χ0v) is 16.1. The van der Waals surface area contributed by atoms with E-state index in [9.17, 15) is 4.79 Å². The minimum Gasteiger partial charge on any atom is -0.484 e. The van der Waals surface area contributed by atoms with Crippen molar-refractivity contribution in [1.82, 2.24) is 5.32 Å². The van der Waals surface area contributed by atoms with Crippen molar-refractivity contribution in [1.29, 1.82) is 0 Å². The first kappa shape index (κ1) is 19.0. The summed E-state index contributed by atoms with van der Waals surface area (Å²) in [5.74, 6) is 0.635. The second-order valence-electron chi connectivity index (χ2n) is 7.72. The lowest BCUT2D eigenvalue weighted by atomic mass is 9.86. The standard InChI is InChI=1S/C22H29NO2/c1-15-7-12-20(16(2)13-15)25-14-21(24)23-17(3)18-8-10-19(11-9-18)22(4,5)6/h7-13,17H,14H2,1-6H3,(H,23,24). The Kier molecular flexibility index (Phi) is 5.89. The number of carbonyl (C=O) groups excluding carboxylic acids is 1. The van der Waals surface area contributed by atoms with E-state index < -0.39 is 0 Å². The van der Waals surface area contributed by atoms with Crippen molar-refractivity contribution in [2.24, 2.45) is 0 Å². The van der Waals surface area contributed by atoms with E-state index in [2.05, 4.69) is 50.4 Å². The Morgan fingerprint density at radius 3 is 2.28 bits per heavy atom. The molecule has 0 spiro atoms. The number of benzene rings is 2. The molecule has 2 aromatic carbocycles. The predicted octanol–water partition coefficient (Wildman–Crippen LogP) is 4.86. The number of hydrogen-bond donors (Lipinski definition) is 1. The molecule has 0 saturated carbocycles. The van der Waals surface area contributed by atoms with Gasteiger partial charge in [-0.15, -0.1) is 0 Å². The van der Waals surface area contributed by atoms with Crippen LogP contribution in [0.1, 0.15) is 56.0 Å². The van der Waals surface area contributed by atoms with Crippen LogP contribution in [-0.2, 0) is 10.2 Å². The Balaban J connectivity index is 1.91. The SMILES string of the molecule is Cc1ccc(OCC(=O)NC(C)c2ccc(C(C)(C)C)cc2)c(C)c1. The minimum atomic E-state index is -0.118. The number of carbonyl (C=O) groups is 1. The fourth-order valence-corrected chi connectivity index (χ4v) is 2.74. The molecule has 0 aromatic heterocycles. The molecule has 0 aliphatic rings. The first-order valence-corrected chi connectivity index (χ1v) is 8.76. The van der Waals surface area contributed by atoms with Crippen molar-refractivity contribution >= 4 is 5.91 Å². The van der Waals surface area contributed by atoms with Crippen LogP contribution in [0, 0.1) is 13.8 Å². The van der Waals surface area contributed by atoms with Crippen LogP contribution in [0.5, 0.6) is 5.75 Å². The predicted molar refractivity (Wildman–Crippen MR) is 103 cm³/mol. The van der Waals surface area contributed by atoms with Crippen molar-refractivity contribution in [3.05, 3.63) is 64.7 Å². The van der Waals surface area contributed by atoms with Crippen molar-refractivity contribution in [3.8, 4) is 5.75 Å². The topological polar surface area (TPSA) is 38.3 Å². The van der Waals surface area contributed by atoms with Crippen molar-refractivity contribution < 1.29 is 9.53 Å². The van der Waals surface area contributed by atoms with Crippen LogP contribution < -0.4 is 10.1 Å². The van der Waals surface area contributed by atoms with Crippen molar-refractivity contribution in [2.75, 3.05) is 6.61 Å². The third kappa shape index (κ3) is 5.35. The van der Waals surface area contributed by atoms with Gasteiger partial charge in [0.25, 0.3) is 5.91 Å². The molecule has 3 heteroatoms. The van der Waals surface area contributed by atoms with Gasteiger partial charge in [0.2, 0.25) is 0 Å². The molecule has 0 saturated heterocycles. The summed E-state index contributed by atoms with van der Waals surface area (Å²) in [6.45, 7) is 12.6. The van der Waals surface area contributed by atoms with Crippen molar-refractivity contribution in [3.63, 3.8) is 0 Å². The quantitative estimate of drug-likeness (QED) is 0.845. The Morgan fingerprint density at radius 1 is 1.08 bits per heavy atom. The summed E-state index contributed by atoms with van der Waals surface area (Å²) >= 11 is 0. The Morgan fingerprint density at radius 2 is 1.72 bits per heavy atom. The number of hydrogen-bond acceptors (Lipinski definition) is 2. The van der Waals surface area contributed by atoms with Crippen LogP contribution in [0.25, 0.3) is 0 Å². The molecular weight excluding hydrogens is 310 g/mol. The number of ether oxygens (including phenoxy) is 1. The second kappa shape index (κ2) is 7.73. The molecule has 0 fully saturated rings. The summed E-state index contributed by atoms with van der Waals surface area (Å²) in [4.78, 5) is 12.2. The largest absolute Gasteiger partial charge is 0.484 e. The fraction of sp³-hybridized carbons (Fsp3) is 0.409. The van der Waals surface area contributed by atoms with Gasteiger partial charge in [0.1, 0.15) is 5.75 Å². The van der Waals surface area contributed by atoms with Crippen LogP contribution >= 0.6 is 0 Å². The van der Waals surface area contributed by atoms with Gasteiger partial charge in [-0.25, -0.2) is 0 Å². The van der Waals surface area contributed by atoms with E-state index >= 15 is 0 Å². The number of rotatable bonds is 5. The van der Waals surface area contributed by atoms with Crippen molar-refractivity contribution in [2.45, 2.75) is 53.0 Å². The van der Waals surface area contributed by atoms with Gasteiger partial charge in [0.05, 0.1) is 6.04 Å². The van der Waals surface area contributed by atoms with E-state index in [1.165, 1.54) is 11.1 Å². The first-order valence-electron chi connectivity index (χ1n) is 8.76. The maximum Gasteiger partial charge on any atom is 0.258 e. The van der Waals surface area contributed by atoms with E-state index in [1.54, 1.807) is 0 Å². The number of amides is 1. The van der Waals surface area contributed by atoms with E-state index in [-0.39, 0.29) is 24.0 Å². The molecule has 0 heterocycles. The summed E-state index contributed by atoms with van der Waals surface area (Å²) < 4.78 is 5.64. The summed E-state index contributed by atoms with van der Waals surface area (Å²) in [6, 6.07) is 14.3. The average molecular weight is 339 g/mol. The third-order valence-corrected chi connectivity index (χ3v) is 4.34. The molecule has 3 nitrogen and oxygen atoms in total. The van der Waals surface area contributed by atoms with Gasteiger partial charge in [0.15, 0.2) is 6.61 Å². The lowest BCUT2D eigenvalue weighted by Crippen LogP contribution is -2.31. The molecule has 1 unspecified atom stereocenters. The second-order valence-corrected chi connectivity index (χ2v) is 7.72. The van der Waals surface area contributed by atoms with Gasteiger partial charge in [-0.3, -0.25) is 4.79 Å². The Hall–Kier alpha value is -2.29. The van der Waals surface area contributed by atoms with E-state index in [4.69, 9.17) is 4.74 Å². The molecule has 0 aliphatic heterocycles. The normalized spacial score (nSPS) is 12.6. The molecule has 2 rings (SSSR count). The lowest BCUT2D eigenvalue weighted by molar-refractivity contribution is -0.123.